The van der Waals surface area contributed by atoms with Crippen LogP contribution in [0.5, 0.6) is 5.75 Å². The maximum atomic E-state index is 5.83. The highest BCUT2D eigenvalue weighted by atomic mass is 79.9. The second kappa shape index (κ2) is 5.10. The summed E-state index contributed by atoms with van der Waals surface area (Å²) < 4.78 is 9.03. The van der Waals surface area contributed by atoms with E-state index in [9.17, 15) is 0 Å². The normalized spacial score (nSPS) is 10.8. The van der Waals surface area contributed by atoms with Crippen LogP contribution in [0.15, 0.2) is 59.2 Å². The Balaban J connectivity index is 1.84. The average Bonchev–Trinajstić information content (AvgIpc) is 2.76. The minimum absolute atomic E-state index is 0.586. The van der Waals surface area contributed by atoms with Crippen molar-refractivity contribution in [2.24, 2.45) is 7.05 Å². The van der Waals surface area contributed by atoms with E-state index in [2.05, 4.69) is 58.0 Å². The standard InChI is InChI=1S/C16H14BrNO/c1-18-10-12(15-4-2-3-5-16(15)18)11-19-14-8-6-13(17)7-9-14/h2-10H,11H2,1H3. The van der Waals surface area contributed by atoms with E-state index in [1.807, 2.05) is 24.3 Å². The molecule has 0 saturated carbocycles. The summed E-state index contributed by atoms with van der Waals surface area (Å²) in [5.41, 5.74) is 2.44. The molecule has 0 atom stereocenters. The number of aryl methyl sites for hydroxylation is 1. The van der Waals surface area contributed by atoms with Gasteiger partial charge < -0.3 is 9.30 Å². The molecule has 0 unspecified atom stereocenters. The van der Waals surface area contributed by atoms with Crippen molar-refractivity contribution >= 4 is 26.8 Å². The van der Waals surface area contributed by atoms with Gasteiger partial charge in [-0.2, -0.15) is 0 Å². The van der Waals surface area contributed by atoms with Crippen molar-refractivity contribution in [2.45, 2.75) is 6.61 Å². The van der Waals surface area contributed by atoms with Crippen molar-refractivity contribution in [3.63, 3.8) is 0 Å². The Hall–Kier alpha value is -1.74. The molecule has 96 valence electrons. The number of fused-ring (bicyclic) bond motifs is 1. The second-order valence-electron chi connectivity index (χ2n) is 4.52. The molecule has 19 heavy (non-hydrogen) atoms. The summed E-state index contributed by atoms with van der Waals surface area (Å²) in [6.45, 7) is 0.586. The Morgan fingerprint density at radius 1 is 1.05 bits per heavy atom. The van der Waals surface area contributed by atoms with Gasteiger partial charge in [-0.1, -0.05) is 34.1 Å². The van der Waals surface area contributed by atoms with Crippen LogP contribution in [0.3, 0.4) is 0 Å². The molecule has 0 aliphatic carbocycles. The molecule has 1 aromatic heterocycles. The summed E-state index contributed by atoms with van der Waals surface area (Å²) in [6, 6.07) is 16.3. The first-order chi connectivity index (χ1) is 9.24. The first kappa shape index (κ1) is 12.3. The van der Waals surface area contributed by atoms with E-state index in [1.54, 1.807) is 0 Å². The number of nitrogens with zero attached hydrogens (tertiary/aromatic N) is 1. The first-order valence-electron chi connectivity index (χ1n) is 6.15. The number of ether oxygens (including phenoxy) is 1. The largest absolute Gasteiger partial charge is 0.489 e. The highest BCUT2D eigenvalue weighted by Gasteiger charge is 2.06. The third-order valence-corrected chi connectivity index (χ3v) is 3.72. The van der Waals surface area contributed by atoms with E-state index in [0.29, 0.717) is 6.61 Å². The lowest BCUT2D eigenvalue weighted by molar-refractivity contribution is 0.307. The Morgan fingerprint density at radius 2 is 1.79 bits per heavy atom. The van der Waals surface area contributed by atoms with Gasteiger partial charge in [0.15, 0.2) is 0 Å². The summed E-state index contributed by atoms with van der Waals surface area (Å²) in [5.74, 6) is 0.885. The number of para-hydroxylation sites is 1. The monoisotopic (exact) mass is 315 g/mol. The average molecular weight is 316 g/mol. The van der Waals surface area contributed by atoms with Gasteiger partial charge in [0.1, 0.15) is 12.4 Å². The molecule has 0 spiro atoms. The number of benzene rings is 2. The van der Waals surface area contributed by atoms with E-state index in [-0.39, 0.29) is 0 Å². The second-order valence-corrected chi connectivity index (χ2v) is 5.44. The fourth-order valence-corrected chi connectivity index (χ4v) is 2.50. The molecular formula is C16H14BrNO. The van der Waals surface area contributed by atoms with Gasteiger partial charge in [-0.15, -0.1) is 0 Å². The minimum atomic E-state index is 0.586. The van der Waals surface area contributed by atoms with Crippen LogP contribution < -0.4 is 4.74 Å². The van der Waals surface area contributed by atoms with Crippen LogP contribution >= 0.6 is 15.9 Å². The van der Waals surface area contributed by atoms with Crippen molar-refractivity contribution in [3.05, 3.63) is 64.8 Å². The molecule has 0 aliphatic heterocycles. The number of hydrogen-bond donors (Lipinski definition) is 0. The van der Waals surface area contributed by atoms with Crippen molar-refractivity contribution in [3.8, 4) is 5.75 Å². The van der Waals surface area contributed by atoms with Crippen molar-refractivity contribution in [1.29, 1.82) is 0 Å². The van der Waals surface area contributed by atoms with Crippen molar-refractivity contribution in [1.82, 2.24) is 4.57 Å². The van der Waals surface area contributed by atoms with Gasteiger partial charge in [-0.25, -0.2) is 0 Å². The highest BCUT2D eigenvalue weighted by molar-refractivity contribution is 9.10. The SMILES string of the molecule is Cn1cc(COc2ccc(Br)cc2)c2ccccc21. The number of halogens is 1. The molecule has 0 radical (unpaired) electrons. The van der Waals surface area contributed by atoms with E-state index in [4.69, 9.17) is 4.74 Å². The summed E-state index contributed by atoms with van der Waals surface area (Å²) in [5, 5.41) is 1.25. The summed E-state index contributed by atoms with van der Waals surface area (Å²) in [4.78, 5) is 0. The number of aromatic nitrogens is 1. The number of rotatable bonds is 3. The third-order valence-electron chi connectivity index (χ3n) is 3.19. The van der Waals surface area contributed by atoms with E-state index >= 15 is 0 Å². The summed E-state index contributed by atoms with van der Waals surface area (Å²) in [6.07, 6.45) is 2.13. The fourth-order valence-electron chi connectivity index (χ4n) is 2.23. The Labute approximate surface area is 120 Å². The zero-order valence-corrected chi connectivity index (χ0v) is 12.2. The maximum Gasteiger partial charge on any atom is 0.119 e. The van der Waals surface area contributed by atoms with Crippen LogP contribution in [-0.2, 0) is 13.7 Å². The van der Waals surface area contributed by atoms with Crippen LogP contribution in [-0.4, -0.2) is 4.57 Å². The maximum absolute atomic E-state index is 5.83. The fraction of sp³-hybridized carbons (Fsp3) is 0.125. The molecule has 1 heterocycles. The molecule has 0 aliphatic rings. The van der Waals surface area contributed by atoms with E-state index in [0.717, 1.165) is 10.2 Å². The highest BCUT2D eigenvalue weighted by Crippen LogP contribution is 2.23. The lowest BCUT2D eigenvalue weighted by atomic mass is 10.2. The Morgan fingerprint density at radius 3 is 2.58 bits per heavy atom. The lowest BCUT2D eigenvalue weighted by Gasteiger charge is -2.05. The predicted octanol–water partition coefficient (Wildman–Crippen LogP) is 4.52. The van der Waals surface area contributed by atoms with Crippen LogP contribution in [0.2, 0.25) is 0 Å². The van der Waals surface area contributed by atoms with Gasteiger partial charge in [0.05, 0.1) is 0 Å². The summed E-state index contributed by atoms with van der Waals surface area (Å²) >= 11 is 3.42. The van der Waals surface area contributed by atoms with Gasteiger partial charge in [-0.3, -0.25) is 0 Å². The quantitative estimate of drug-likeness (QED) is 0.693. The van der Waals surface area contributed by atoms with Crippen LogP contribution in [0.25, 0.3) is 10.9 Å². The summed E-state index contributed by atoms with van der Waals surface area (Å²) in [7, 11) is 2.06. The van der Waals surface area contributed by atoms with Gasteiger partial charge in [0.2, 0.25) is 0 Å². The van der Waals surface area contributed by atoms with Gasteiger partial charge in [0.25, 0.3) is 0 Å². The topological polar surface area (TPSA) is 14.2 Å². The predicted molar refractivity (Wildman–Crippen MR) is 81.4 cm³/mol. The van der Waals surface area contributed by atoms with Crippen LogP contribution in [0.4, 0.5) is 0 Å². The molecule has 2 aromatic carbocycles. The number of hydrogen-bond acceptors (Lipinski definition) is 1. The Kier molecular flexibility index (Phi) is 3.30. The van der Waals surface area contributed by atoms with E-state index in [1.165, 1.54) is 16.5 Å². The molecule has 0 bridgehead atoms. The molecule has 2 nitrogen and oxygen atoms in total. The van der Waals surface area contributed by atoms with Crippen molar-refractivity contribution < 1.29 is 4.74 Å². The van der Waals surface area contributed by atoms with Crippen LogP contribution in [0.1, 0.15) is 5.56 Å². The molecule has 0 amide bonds. The third kappa shape index (κ3) is 2.51. The van der Waals surface area contributed by atoms with Crippen LogP contribution in [0, 0.1) is 0 Å². The lowest BCUT2D eigenvalue weighted by Crippen LogP contribution is -1.94. The molecule has 3 heteroatoms. The molecular weight excluding hydrogens is 302 g/mol. The zero-order chi connectivity index (χ0) is 13.2. The van der Waals surface area contributed by atoms with Gasteiger partial charge >= 0.3 is 0 Å². The van der Waals surface area contributed by atoms with Crippen molar-refractivity contribution in [2.75, 3.05) is 0 Å². The first-order valence-corrected chi connectivity index (χ1v) is 6.94. The smallest absolute Gasteiger partial charge is 0.119 e. The van der Waals surface area contributed by atoms with E-state index < -0.39 is 0 Å². The molecule has 0 fully saturated rings. The minimum Gasteiger partial charge on any atom is -0.489 e. The molecule has 0 N–H and O–H groups in total. The molecule has 3 rings (SSSR count). The Bertz CT molecular complexity index is 700. The zero-order valence-electron chi connectivity index (χ0n) is 10.6. The molecule has 3 aromatic rings. The molecule has 0 saturated heterocycles. The van der Waals surface area contributed by atoms with Gasteiger partial charge in [0, 0.05) is 34.2 Å². The van der Waals surface area contributed by atoms with Gasteiger partial charge in [-0.05, 0) is 30.3 Å².